The Kier molecular flexibility index (Phi) is 3.77. The number of hydrogen-bond donors (Lipinski definition) is 1. The van der Waals surface area contributed by atoms with Gasteiger partial charge in [-0.1, -0.05) is 55.9 Å². The molecule has 0 aromatic heterocycles. The molecule has 0 bridgehead atoms. The van der Waals surface area contributed by atoms with Crippen LogP contribution in [0.5, 0.6) is 0 Å². The molecular weight excluding hydrogens is 228 g/mol. The van der Waals surface area contributed by atoms with Gasteiger partial charge >= 0.3 is 0 Å². The van der Waals surface area contributed by atoms with E-state index in [9.17, 15) is 0 Å². The van der Waals surface area contributed by atoms with Crippen LogP contribution in [0.2, 0.25) is 0 Å². The highest BCUT2D eigenvalue weighted by atomic mass is 32.2. The Morgan fingerprint density at radius 1 is 1.29 bits per heavy atom. The lowest BCUT2D eigenvalue weighted by Crippen LogP contribution is -2.33. The normalized spacial score (nSPS) is 23.6. The van der Waals surface area contributed by atoms with Gasteiger partial charge < -0.3 is 0 Å². The van der Waals surface area contributed by atoms with Crippen molar-refractivity contribution in [1.82, 2.24) is 5.43 Å². The summed E-state index contributed by atoms with van der Waals surface area (Å²) in [5.41, 5.74) is 4.61. The molecule has 0 spiro atoms. The van der Waals surface area contributed by atoms with E-state index in [1.54, 1.807) is 0 Å². The molecular formula is C14H20N2S. The van der Waals surface area contributed by atoms with Crippen molar-refractivity contribution in [2.75, 3.05) is 0 Å². The topological polar surface area (TPSA) is 24.4 Å². The van der Waals surface area contributed by atoms with E-state index in [1.807, 2.05) is 17.8 Å². The fourth-order valence-electron chi connectivity index (χ4n) is 2.20. The highest BCUT2D eigenvalue weighted by Crippen LogP contribution is 2.35. The maximum absolute atomic E-state index is 4.47. The molecule has 1 aliphatic heterocycles. The number of rotatable bonds is 4. The van der Waals surface area contributed by atoms with Gasteiger partial charge in [-0.25, -0.2) is 0 Å². The summed E-state index contributed by atoms with van der Waals surface area (Å²) < 4.78 is 0. The minimum absolute atomic E-state index is 0.0816. The first kappa shape index (κ1) is 12.5. The van der Waals surface area contributed by atoms with Gasteiger partial charge in [-0.3, -0.25) is 5.43 Å². The van der Waals surface area contributed by atoms with E-state index >= 15 is 0 Å². The SMILES string of the molecule is CC(C)CC1(C)NN=C(Cc2ccccc2)S1. The van der Waals surface area contributed by atoms with Crippen LogP contribution in [-0.2, 0) is 6.42 Å². The lowest BCUT2D eigenvalue weighted by Gasteiger charge is -2.24. The van der Waals surface area contributed by atoms with Gasteiger partial charge in [-0.15, -0.1) is 0 Å². The second-order valence-electron chi connectivity index (χ2n) is 5.21. The van der Waals surface area contributed by atoms with E-state index in [0.29, 0.717) is 5.92 Å². The quantitative estimate of drug-likeness (QED) is 0.879. The third-order valence-electron chi connectivity index (χ3n) is 2.76. The molecule has 0 aliphatic carbocycles. The monoisotopic (exact) mass is 248 g/mol. The number of thioether (sulfide) groups is 1. The molecule has 0 radical (unpaired) electrons. The van der Waals surface area contributed by atoms with Gasteiger partial charge in [-0.05, 0) is 24.8 Å². The minimum atomic E-state index is 0.0816. The average molecular weight is 248 g/mol. The molecule has 92 valence electrons. The van der Waals surface area contributed by atoms with Gasteiger partial charge in [-0.2, -0.15) is 5.10 Å². The van der Waals surface area contributed by atoms with Crippen molar-refractivity contribution in [1.29, 1.82) is 0 Å². The first-order valence-electron chi connectivity index (χ1n) is 6.14. The molecule has 1 unspecified atom stereocenters. The molecule has 2 rings (SSSR count). The van der Waals surface area contributed by atoms with Crippen molar-refractivity contribution < 1.29 is 0 Å². The summed E-state index contributed by atoms with van der Waals surface area (Å²) in [5.74, 6) is 0.686. The average Bonchev–Trinajstić information content (AvgIpc) is 2.60. The first-order chi connectivity index (χ1) is 8.07. The second-order valence-corrected chi connectivity index (χ2v) is 6.79. The number of nitrogens with zero attached hydrogens (tertiary/aromatic N) is 1. The van der Waals surface area contributed by atoms with Crippen molar-refractivity contribution in [3.8, 4) is 0 Å². The molecule has 3 heteroatoms. The van der Waals surface area contributed by atoms with Crippen LogP contribution in [0.3, 0.4) is 0 Å². The molecule has 0 saturated carbocycles. The summed E-state index contributed by atoms with van der Waals surface area (Å²) in [6.45, 7) is 6.74. The van der Waals surface area contributed by atoms with E-state index in [-0.39, 0.29) is 4.87 Å². The zero-order valence-electron chi connectivity index (χ0n) is 10.7. The van der Waals surface area contributed by atoms with Crippen LogP contribution >= 0.6 is 11.8 Å². The van der Waals surface area contributed by atoms with Gasteiger partial charge in [0.2, 0.25) is 0 Å². The Morgan fingerprint density at radius 2 is 2.00 bits per heavy atom. The molecule has 2 nitrogen and oxygen atoms in total. The Balaban J connectivity index is 1.94. The van der Waals surface area contributed by atoms with Crippen LogP contribution in [0.15, 0.2) is 35.4 Å². The molecule has 1 N–H and O–H groups in total. The van der Waals surface area contributed by atoms with Crippen LogP contribution < -0.4 is 5.43 Å². The van der Waals surface area contributed by atoms with Crippen molar-refractivity contribution in [2.24, 2.45) is 11.0 Å². The van der Waals surface area contributed by atoms with Crippen LogP contribution in [0.1, 0.15) is 32.8 Å². The second kappa shape index (κ2) is 5.13. The molecule has 1 aromatic carbocycles. The van der Waals surface area contributed by atoms with Crippen LogP contribution in [0.25, 0.3) is 0 Å². The van der Waals surface area contributed by atoms with Crippen LogP contribution in [0.4, 0.5) is 0 Å². The van der Waals surface area contributed by atoms with Crippen molar-refractivity contribution in [3.63, 3.8) is 0 Å². The Morgan fingerprint density at radius 3 is 2.65 bits per heavy atom. The lowest BCUT2D eigenvalue weighted by molar-refractivity contribution is 0.423. The molecule has 0 amide bonds. The zero-order chi connectivity index (χ0) is 12.3. The molecule has 1 aliphatic rings. The summed E-state index contributed by atoms with van der Waals surface area (Å²) in [4.78, 5) is 0.0816. The maximum atomic E-state index is 4.47. The van der Waals surface area contributed by atoms with Gasteiger partial charge in [0.15, 0.2) is 0 Å². The molecule has 1 atom stereocenters. The van der Waals surface area contributed by atoms with Gasteiger partial charge in [0, 0.05) is 6.42 Å². The summed E-state index contributed by atoms with van der Waals surface area (Å²) >= 11 is 1.88. The third kappa shape index (κ3) is 3.50. The predicted octanol–water partition coefficient (Wildman–Crippen LogP) is 3.64. The fraction of sp³-hybridized carbons (Fsp3) is 0.500. The summed E-state index contributed by atoms with van der Waals surface area (Å²) in [6.07, 6.45) is 2.08. The van der Waals surface area contributed by atoms with Gasteiger partial charge in [0.25, 0.3) is 0 Å². The zero-order valence-corrected chi connectivity index (χ0v) is 11.6. The first-order valence-corrected chi connectivity index (χ1v) is 6.96. The van der Waals surface area contributed by atoms with Crippen molar-refractivity contribution in [2.45, 2.75) is 38.5 Å². The van der Waals surface area contributed by atoms with E-state index in [1.165, 1.54) is 10.6 Å². The number of hydrogen-bond acceptors (Lipinski definition) is 3. The minimum Gasteiger partial charge on any atom is -0.293 e. The predicted molar refractivity (Wildman–Crippen MR) is 76.2 cm³/mol. The van der Waals surface area contributed by atoms with Crippen molar-refractivity contribution in [3.05, 3.63) is 35.9 Å². The van der Waals surface area contributed by atoms with Crippen molar-refractivity contribution >= 4 is 16.8 Å². The Bertz CT molecular complexity index is 400. The highest BCUT2D eigenvalue weighted by molar-refractivity contribution is 8.15. The summed E-state index contributed by atoms with van der Waals surface area (Å²) in [6, 6.07) is 10.5. The molecule has 1 heterocycles. The summed E-state index contributed by atoms with van der Waals surface area (Å²) in [7, 11) is 0. The smallest absolute Gasteiger partial charge is 0.103 e. The van der Waals surface area contributed by atoms with E-state index in [2.05, 4.69) is 55.6 Å². The number of nitrogens with one attached hydrogen (secondary N) is 1. The van der Waals surface area contributed by atoms with Crippen LogP contribution in [0, 0.1) is 5.92 Å². The lowest BCUT2D eigenvalue weighted by atomic mass is 10.1. The Hall–Kier alpha value is -0.960. The Labute approximate surface area is 108 Å². The molecule has 0 saturated heterocycles. The standard InChI is InChI=1S/C14H20N2S/c1-11(2)10-14(3)16-15-13(17-14)9-12-7-5-4-6-8-12/h4-8,11,16H,9-10H2,1-3H3. The molecule has 17 heavy (non-hydrogen) atoms. The van der Waals surface area contributed by atoms with E-state index in [4.69, 9.17) is 0 Å². The van der Waals surface area contributed by atoms with Gasteiger partial charge in [0.1, 0.15) is 4.87 Å². The molecule has 0 fully saturated rings. The largest absolute Gasteiger partial charge is 0.293 e. The summed E-state index contributed by atoms with van der Waals surface area (Å²) in [5, 5.41) is 5.66. The van der Waals surface area contributed by atoms with E-state index < -0.39 is 0 Å². The highest BCUT2D eigenvalue weighted by Gasteiger charge is 2.32. The van der Waals surface area contributed by atoms with E-state index in [0.717, 1.165) is 12.8 Å². The number of hydrazone groups is 1. The third-order valence-corrected chi connectivity index (χ3v) is 3.94. The van der Waals surface area contributed by atoms with Gasteiger partial charge in [0.05, 0.1) is 5.04 Å². The molecule has 1 aromatic rings. The van der Waals surface area contributed by atoms with Crippen LogP contribution in [-0.4, -0.2) is 9.91 Å². The maximum Gasteiger partial charge on any atom is 0.103 e. The fourth-order valence-corrected chi connectivity index (χ4v) is 3.56. The number of benzene rings is 1.